The van der Waals surface area contributed by atoms with Crippen LogP contribution in [0.3, 0.4) is 0 Å². The lowest BCUT2D eigenvalue weighted by molar-refractivity contribution is 0.755. The molecule has 0 aliphatic heterocycles. The summed E-state index contributed by atoms with van der Waals surface area (Å²) in [6.07, 6.45) is 5.79. The first-order valence-corrected chi connectivity index (χ1v) is 5.42. The molecule has 3 heteroatoms. The number of imidazole rings is 1. The van der Waals surface area contributed by atoms with Gasteiger partial charge < -0.3 is 4.40 Å². The molecule has 2 aromatic heterocycles. The third-order valence-corrected chi connectivity index (χ3v) is 2.59. The van der Waals surface area contributed by atoms with Crippen LogP contribution in [0.5, 0.6) is 0 Å². The molecular weight excluding hydrogens is 186 g/mol. The second-order valence-electron chi connectivity index (χ2n) is 4.55. The molecule has 15 heavy (non-hydrogen) atoms. The van der Waals surface area contributed by atoms with Crippen molar-refractivity contribution in [2.45, 2.75) is 39.5 Å². The van der Waals surface area contributed by atoms with Crippen LogP contribution >= 0.6 is 0 Å². The lowest BCUT2D eigenvalue weighted by Crippen LogP contribution is -2.03. The molecule has 2 heterocycles. The SMILES string of the molecule is CC(C)c1cn2cncc2c(C(C)C)n1. The van der Waals surface area contributed by atoms with Crippen LogP contribution in [0.1, 0.15) is 50.9 Å². The molecule has 0 N–H and O–H groups in total. The van der Waals surface area contributed by atoms with Crippen LogP contribution in [-0.4, -0.2) is 14.4 Å². The van der Waals surface area contributed by atoms with Gasteiger partial charge in [-0.05, 0) is 11.8 Å². The molecule has 0 spiro atoms. The smallest absolute Gasteiger partial charge is 0.0993 e. The highest BCUT2D eigenvalue weighted by atomic mass is 15.0. The number of rotatable bonds is 2. The Hall–Kier alpha value is -1.38. The fraction of sp³-hybridized carbons (Fsp3) is 0.500. The van der Waals surface area contributed by atoms with Crippen molar-refractivity contribution in [3.63, 3.8) is 0 Å². The molecular formula is C12H17N3. The summed E-state index contributed by atoms with van der Waals surface area (Å²) in [6.45, 7) is 8.66. The van der Waals surface area contributed by atoms with Gasteiger partial charge >= 0.3 is 0 Å². The number of aromatic nitrogens is 3. The first kappa shape index (κ1) is 10.1. The van der Waals surface area contributed by atoms with E-state index in [1.165, 1.54) is 0 Å². The Morgan fingerprint density at radius 1 is 1.13 bits per heavy atom. The van der Waals surface area contributed by atoms with Crippen molar-refractivity contribution >= 4 is 5.52 Å². The average molecular weight is 203 g/mol. The van der Waals surface area contributed by atoms with Gasteiger partial charge in [-0.2, -0.15) is 0 Å². The minimum Gasteiger partial charge on any atom is -0.303 e. The fourth-order valence-electron chi connectivity index (χ4n) is 1.68. The van der Waals surface area contributed by atoms with E-state index in [1.807, 2.05) is 12.5 Å². The molecule has 0 aromatic carbocycles. The first-order chi connectivity index (χ1) is 7.09. The van der Waals surface area contributed by atoms with Crippen molar-refractivity contribution in [3.05, 3.63) is 30.1 Å². The van der Waals surface area contributed by atoms with Gasteiger partial charge in [0.05, 0.1) is 29.4 Å². The van der Waals surface area contributed by atoms with E-state index in [1.54, 1.807) is 0 Å². The zero-order valence-electron chi connectivity index (χ0n) is 9.73. The Bertz CT molecular complexity index is 469. The summed E-state index contributed by atoms with van der Waals surface area (Å²) in [5, 5.41) is 0. The molecule has 80 valence electrons. The van der Waals surface area contributed by atoms with Crippen LogP contribution in [0.2, 0.25) is 0 Å². The third-order valence-electron chi connectivity index (χ3n) is 2.59. The van der Waals surface area contributed by atoms with E-state index in [9.17, 15) is 0 Å². The second kappa shape index (κ2) is 3.65. The highest BCUT2D eigenvalue weighted by Crippen LogP contribution is 2.21. The molecule has 0 fully saturated rings. The van der Waals surface area contributed by atoms with Gasteiger partial charge in [-0.1, -0.05) is 27.7 Å². The largest absolute Gasteiger partial charge is 0.303 e. The predicted octanol–water partition coefficient (Wildman–Crippen LogP) is 2.98. The molecule has 0 bridgehead atoms. The van der Waals surface area contributed by atoms with E-state index >= 15 is 0 Å². The van der Waals surface area contributed by atoms with Gasteiger partial charge in [0.15, 0.2) is 0 Å². The van der Waals surface area contributed by atoms with E-state index in [-0.39, 0.29) is 0 Å². The van der Waals surface area contributed by atoms with Gasteiger partial charge in [-0.15, -0.1) is 0 Å². The molecule has 0 amide bonds. The number of hydrogen-bond donors (Lipinski definition) is 0. The second-order valence-corrected chi connectivity index (χ2v) is 4.55. The summed E-state index contributed by atoms with van der Waals surface area (Å²) in [6, 6.07) is 0. The maximum atomic E-state index is 4.71. The molecule has 3 nitrogen and oxygen atoms in total. The lowest BCUT2D eigenvalue weighted by atomic mass is 10.1. The first-order valence-electron chi connectivity index (χ1n) is 5.42. The van der Waals surface area contributed by atoms with Crippen LogP contribution in [0.4, 0.5) is 0 Å². The monoisotopic (exact) mass is 203 g/mol. The van der Waals surface area contributed by atoms with E-state index in [0.717, 1.165) is 16.9 Å². The normalized spacial score (nSPS) is 11.9. The highest BCUT2D eigenvalue weighted by molar-refractivity contribution is 5.51. The molecule has 0 saturated carbocycles. The summed E-state index contributed by atoms with van der Waals surface area (Å²) < 4.78 is 2.07. The minimum absolute atomic E-state index is 0.433. The number of nitrogens with zero attached hydrogens (tertiary/aromatic N) is 3. The molecule has 0 aliphatic carbocycles. The van der Waals surface area contributed by atoms with Crippen LogP contribution in [0.25, 0.3) is 5.52 Å². The van der Waals surface area contributed by atoms with Gasteiger partial charge in [-0.25, -0.2) is 4.98 Å². The van der Waals surface area contributed by atoms with Crippen LogP contribution in [-0.2, 0) is 0 Å². The number of hydrogen-bond acceptors (Lipinski definition) is 2. The topological polar surface area (TPSA) is 30.2 Å². The van der Waals surface area contributed by atoms with Gasteiger partial charge in [0.25, 0.3) is 0 Å². The zero-order chi connectivity index (χ0) is 11.0. The van der Waals surface area contributed by atoms with Crippen molar-refractivity contribution in [1.82, 2.24) is 14.4 Å². The van der Waals surface area contributed by atoms with E-state index in [2.05, 4.69) is 43.3 Å². The maximum Gasteiger partial charge on any atom is 0.0993 e. The van der Waals surface area contributed by atoms with Crippen molar-refractivity contribution in [3.8, 4) is 0 Å². The van der Waals surface area contributed by atoms with Crippen LogP contribution in [0.15, 0.2) is 18.7 Å². The summed E-state index contributed by atoms with van der Waals surface area (Å²) in [5.74, 6) is 0.886. The maximum absolute atomic E-state index is 4.71. The van der Waals surface area contributed by atoms with Crippen molar-refractivity contribution in [2.75, 3.05) is 0 Å². The highest BCUT2D eigenvalue weighted by Gasteiger charge is 2.11. The molecule has 0 radical (unpaired) electrons. The standard InChI is InChI=1S/C12H17N3/c1-8(2)10-6-15-7-13-5-11(15)12(14-10)9(3)4/h5-9H,1-4H3. The van der Waals surface area contributed by atoms with Crippen molar-refractivity contribution < 1.29 is 0 Å². The van der Waals surface area contributed by atoms with Crippen molar-refractivity contribution in [1.29, 1.82) is 0 Å². The Balaban J connectivity index is 2.69. The van der Waals surface area contributed by atoms with E-state index in [4.69, 9.17) is 4.98 Å². The van der Waals surface area contributed by atoms with Gasteiger partial charge in [-0.3, -0.25) is 4.98 Å². The average Bonchev–Trinajstić information content (AvgIpc) is 2.62. The van der Waals surface area contributed by atoms with Crippen LogP contribution < -0.4 is 0 Å². The fourth-order valence-corrected chi connectivity index (χ4v) is 1.68. The molecule has 0 aliphatic rings. The van der Waals surface area contributed by atoms with E-state index < -0.39 is 0 Å². The Labute approximate surface area is 90.2 Å². The lowest BCUT2D eigenvalue weighted by Gasteiger charge is -2.11. The quantitative estimate of drug-likeness (QED) is 0.751. The third kappa shape index (κ3) is 1.74. The summed E-state index contributed by atoms with van der Waals surface area (Å²) in [5.41, 5.74) is 3.39. The summed E-state index contributed by atoms with van der Waals surface area (Å²) in [7, 11) is 0. The van der Waals surface area contributed by atoms with Gasteiger partial charge in [0, 0.05) is 6.20 Å². The minimum atomic E-state index is 0.433. The molecule has 0 unspecified atom stereocenters. The van der Waals surface area contributed by atoms with Crippen molar-refractivity contribution in [2.24, 2.45) is 0 Å². The van der Waals surface area contributed by atoms with Gasteiger partial charge in [0.1, 0.15) is 0 Å². The molecule has 2 aromatic rings. The van der Waals surface area contributed by atoms with Crippen LogP contribution in [0, 0.1) is 0 Å². The molecule has 0 saturated heterocycles. The molecule has 2 rings (SSSR count). The Kier molecular flexibility index (Phi) is 2.47. The molecule has 0 atom stereocenters. The van der Waals surface area contributed by atoms with E-state index in [0.29, 0.717) is 11.8 Å². The summed E-state index contributed by atoms with van der Waals surface area (Å²) in [4.78, 5) is 8.88. The number of fused-ring (bicyclic) bond motifs is 1. The van der Waals surface area contributed by atoms with Gasteiger partial charge in [0.2, 0.25) is 0 Å². The predicted molar refractivity (Wildman–Crippen MR) is 61.2 cm³/mol. The Morgan fingerprint density at radius 2 is 1.87 bits per heavy atom. The Morgan fingerprint density at radius 3 is 2.47 bits per heavy atom. The zero-order valence-corrected chi connectivity index (χ0v) is 9.73. The summed E-state index contributed by atoms with van der Waals surface area (Å²) >= 11 is 0.